The van der Waals surface area contributed by atoms with E-state index >= 15 is 0 Å². The van der Waals surface area contributed by atoms with Crippen molar-refractivity contribution in [2.45, 2.75) is 13.3 Å². The topological polar surface area (TPSA) is 43.1 Å². The minimum atomic E-state index is -0.317. The molecule has 0 aliphatic carbocycles. The molecular weight excluding hydrogens is 181 g/mol. The lowest BCUT2D eigenvalue weighted by Gasteiger charge is -2.04. The maximum Gasteiger partial charge on any atom is 0.124 e. The molecule has 0 heterocycles. The van der Waals surface area contributed by atoms with Gasteiger partial charge in [-0.05, 0) is 24.6 Å². The largest absolute Gasteiger partial charge is 0.398 e. The standard InChI is InChI=1S/C11H12FNO/c1-8-6-10(12)7-9(11(8)13)4-2-3-5-14/h2,4-7H,3,13H2,1H3. The van der Waals surface area contributed by atoms with Gasteiger partial charge in [-0.2, -0.15) is 0 Å². The molecule has 1 aromatic rings. The number of anilines is 1. The molecule has 0 unspecified atom stereocenters. The Hall–Kier alpha value is -1.64. The van der Waals surface area contributed by atoms with Crippen LogP contribution in [-0.4, -0.2) is 6.29 Å². The fraction of sp³-hybridized carbons (Fsp3) is 0.182. The lowest BCUT2D eigenvalue weighted by molar-refractivity contribution is -0.107. The number of hydrogen-bond acceptors (Lipinski definition) is 2. The van der Waals surface area contributed by atoms with E-state index in [0.29, 0.717) is 23.2 Å². The molecule has 0 aliphatic heterocycles. The van der Waals surface area contributed by atoms with Gasteiger partial charge < -0.3 is 10.5 Å². The first-order valence-electron chi connectivity index (χ1n) is 4.31. The summed E-state index contributed by atoms with van der Waals surface area (Å²) in [4.78, 5) is 10.1. The lowest BCUT2D eigenvalue weighted by atomic mass is 10.1. The Balaban J connectivity index is 3.01. The number of benzene rings is 1. The van der Waals surface area contributed by atoms with Crippen molar-refractivity contribution in [3.05, 3.63) is 35.2 Å². The molecule has 0 amide bonds. The molecule has 74 valence electrons. The van der Waals surface area contributed by atoms with Crippen molar-refractivity contribution in [2.75, 3.05) is 5.73 Å². The fourth-order valence-corrected chi connectivity index (χ4v) is 1.17. The van der Waals surface area contributed by atoms with Crippen LogP contribution in [0.2, 0.25) is 0 Å². The van der Waals surface area contributed by atoms with Gasteiger partial charge in [-0.15, -0.1) is 0 Å². The van der Waals surface area contributed by atoms with Crippen LogP contribution in [0.1, 0.15) is 17.5 Å². The van der Waals surface area contributed by atoms with Gasteiger partial charge in [0.25, 0.3) is 0 Å². The Morgan fingerprint density at radius 3 is 2.86 bits per heavy atom. The molecule has 0 aliphatic rings. The highest BCUT2D eigenvalue weighted by molar-refractivity contribution is 5.68. The summed E-state index contributed by atoms with van der Waals surface area (Å²) >= 11 is 0. The summed E-state index contributed by atoms with van der Waals surface area (Å²) in [5.41, 5.74) is 7.60. The number of hydrogen-bond donors (Lipinski definition) is 1. The van der Waals surface area contributed by atoms with Crippen LogP contribution in [0, 0.1) is 12.7 Å². The van der Waals surface area contributed by atoms with E-state index in [4.69, 9.17) is 5.73 Å². The van der Waals surface area contributed by atoms with E-state index in [9.17, 15) is 9.18 Å². The second kappa shape index (κ2) is 4.56. The predicted octanol–water partition coefficient (Wildman–Crippen LogP) is 2.32. The van der Waals surface area contributed by atoms with Gasteiger partial charge in [-0.1, -0.05) is 12.2 Å². The SMILES string of the molecule is Cc1cc(F)cc(C=CCC=O)c1N. The summed E-state index contributed by atoms with van der Waals surface area (Å²) in [5.74, 6) is -0.317. The van der Waals surface area contributed by atoms with Crippen molar-refractivity contribution in [1.29, 1.82) is 0 Å². The van der Waals surface area contributed by atoms with E-state index < -0.39 is 0 Å². The Labute approximate surface area is 82.2 Å². The quantitative estimate of drug-likeness (QED) is 0.591. The molecule has 3 heteroatoms. The number of aryl methyl sites for hydroxylation is 1. The van der Waals surface area contributed by atoms with Crippen molar-refractivity contribution in [2.24, 2.45) is 0 Å². The van der Waals surface area contributed by atoms with Crippen molar-refractivity contribution < 1.29 is 9.18 Å². The van der Waals surface area contributed by atoms with Gasteiger partial charge in [0.15, 0.2) is 0 Å². The van der Waals surface area contributed by atoms with Crippen LogP contribution in [0.3, 0.4) is 0 Å². The molecule has 1 aromatic carbocycles. The number of nitrogen functional groups attached to an aromatic ring is 1. The first-order chi connectivity index (χ1) is 6.65. The van der Waals surface area contributed by atoms with Crippen molar-refractivity contribution >= 4 is 18.0 Å². The molecule has 0 saturated heterocycles. The van der Waals surface area contributed by atoms with E-state index in [-0.39, 0.29) is 5.82 Å². The molecule has 0 atom stereocenters. The van der Waals surface area contributed by atoms with Gasteiger partial charge in [-0.3, -0.25) is 0 Å². The number of rotatable bonds is 3. The van der Waals surface area contributed by atoms with Crippen LogP contribution in [0.15, 0.2) is 18.2 Å². The minimum Gasteiger partial charge on any atom is -0.398 e. The molecule has 0 saturated carbocycles. The number of nitrogens with two attached hydrogens (primary N) is 1. The lowest BCUT2D eigenvalue weighted by Crippen LogP contribution is -1.94. The second-order valence-corrected chi connectivity index (χ2v) is 3.03. The van der Waals surface area contributed by atoms with Crippen LogP contribution >= 0.6 is 0 Å². The molecular formula is C11H12FNO. The normalized spacial score (nSPS) is 10.7. The minimum absolute atomic E-state index is 0.314. The number of allylic oxidation sites excluding steroid dienone is 1. The molecule has 0 radical (unpaired) electrons. The third kappa shape index (κ3) is 2.42. The smallest absolute Gasteiger partial charge is 0.124 e. The van der Waals surface area contributed by atoms with E-state index in [0.717, 1.165) is 6.29 Å². The third-order valence-electron chi connectivity index (χ3n) is 1.91. The van der Waals surface area contributed by atoms with Crippen LogP contribution in [0.25, 0.3) is 6.08 Å². The van der Waals surface area contributed by atoms with Gasteiger partial charge in [-0.25, -0.2) is 4.39 Å². The number of aldehydes is 1. The Kier molecular flexibility index (Phi) is 3.40. The van der Waals surface area contributed by atoms with Crippen molar-refractivity contribution in [3.63, 3.8) is 0 Å². The zero-order valence-electron chi connectivity index (χ0n) is 7.96. The van der Waals surface area contributed by atoms with Gasteiger partial charge in [0, 0.05) is 17.7 Å². The van der Waals surface area contributed by atoms with Crippen molar-refractivity contribution in [3.8, 4) is 0 Å². The average Bonchev–Trinajstić information content (AvgIpc) is 2.13. The molecule has 2 nitrogen and oxygen atoms in total. The molecule has 0 bridgehead atoms. The number of carbonyl (C=O) groups excluding carboxylic acids is 1. The predicted molar refractivity (Wildman–Crippen MR) is 55.3 cm³/mol. The second-order valence-electron chi connectivity index (χ2n) is 3.03. The monoisotopic (exact) mass is 193 g/mol. The molecule has 1 rings (SSSR count). The highest BCUT2D eigenvalue weighted by atomic mass is 19.1. The van der Waals surface area contributed by atoms with Crippen LogP contribution < -0.4 is 5.73 Å². The first-order valence-corrected chi connectivity index (χ1v) is 4.31. The number of halogens is 1. The van der Waals surface area contributed by atoms with E-state index in [1.165, 1.54) is 12.1 Å². The summed E-state index contributed by atoms with van der Waals surface area (Å²) in [7, 11) is 0. The van der Waals surface area contributed by atoms with Gasteiger partial charge in [0.05, 0.1) is 0 Å². The fourth-order valence-electron chi connectivity index (χ4n) is 1.17. The Bertz CT molecular complexity index is 372. The average molecular weight is 193 g/mol. The Morgan fingerprint density at radius 2 is 2.21 bits per heavy atom. The first kappa shape index (κ1) is 10.4. The van der Waals surface area contributed by atoms with Crippen LogP contribution in [-0.2, 0) is 4.79 Å². The summed E-state index contributed by atoms with van der Waals surface area (Å²) in [6.07, 6.45) is 4.39. The Morgan fingerprint density at radius 1 is 1.50 bits per heavy atom. The summed E-state index contributed by atoms with van der Waals surface area (Å²) in [5, 5.41) is 0. The van der Waals surface area contributed by atoms with E-state index in [1.807, 2.05) is 0 Å². The van der Waals surface area contributed by atoms with Gasteiger partial charge in [0.2, 0.25) is 0 Å². The summed E-state index contributed by atoms with van der Waals surface area (Å²) < 4.78 is 13.0. The highest BCUT2D eigenvalue weighted by Crippen LogP contribution is 2.20. The molecule has 0 aromatic heterocycles. The summed E-state index contributed by atoms with van der Waals surface area (Å²) in [6, 6.07) is 2.73. The summed E-state index contributed by atoms with van der Waals surface area (Å²) in [6.45, 7) is 1.75. The van der Waals surface area contributed by atoms with E-state index in [2.05, 4.69) is 0 Å². The maximum atomic E-state index is 13.0. The van der Waals surface area contributed by atoms with Crippen molar-refractivity contribution in [1.82, 2.24) is 0 Å². The zero-order chi connectivity index (χ0) is 10.6. The van der Waals surface area contributed by atoms with Gasteiger partial charge in [0.1, 0.15) is 12.1 Å². The number of carbonyl (C=O) groups is 1. The molecule has 2 N–H and O–H groups in total. The maximum absolute atomic E-state index is 13.0. The third-order valence-corrected chi connectivity index (χ3v) is 1.91. The van der Waals surface area contributed by atoms with Crippen LogP contribution in [0.4, 0.5) is 10.1 Å². The highest BCUT2D eigenvalue weighted by Gasteiger charge is 2.01. The molecule has 0 spiro atoms. The van der Waals surface area contributed by atoms with Crippen LogP contribution in [0.5, 0.6) is 0 Å². The van der Waals surface area contributed by atoms with E-state index in [1.54, 1.807) is 19.1 Å². The zero-order valence-corrected chi connectivity index (χ0v) is 7.96. The molecule has 0 fully saturated rings. The van der Waals surface area contributed by atoms with Gasteiger partial charge >= 0.3 is 0 Å². The molecule has 14 heavy (non-hydrogen) atoms.